The second-order valence-corrected chi connectivity index (χ2v) is 5.52. The van der Waals surface area contributed by atoms with Crippen LogP contribution in [0.25, 0.3) is 10.8 Å². The van der Waals surface area contributed by atoms with Gasteiger partial charge < -0.3 is 9.84 Å². The number of hydrogen-bond donors (Lipinski definition) is 1. The van der Waals surface area contributed by atoms with Crippen LogP contribution in [0.4, 0.5) is 0 Å². The molecule has 0 amide bonds. The predicted octanol–water partition coefficient (Wildman–Crippen LogP) is 3.78. The first kappa shape index (κ1) is 13.6. The molecule has 0 aliphatic rings. The van der Waals surface area contributed by atoms with Gasteiger partial charge in [-0.15, -0.1) is 0 Å². The SMILES string of the molecule is CC(C)(C)OC(C(=O)O)c1cccc2ccccc12. The second-order valence-electron chi connectivity index (χ2n) is 5.52. The molecule has 1 atom stereocenters. The molecular formula is C16H18O3. The van der Waals surface area contributed by atoms with Gasteiger partial charge in [0.05, 0.1) is 5.60 Å². The third kappa shape index (κ3) is 3.12. The minimum absolute atomic E-state index is 0.514. The molecule has 0 fully saturated rings. The number of carboxylic acid groups (broad SMARTS) is 1. The monoisotopic (exact) mass is 258 g/mol. The first-order valence-electron chi connectivity index (χ1n) is 6.27. The molecule has 3 nitrogen and oxygen atoms in total. The molecule has 0 spiro atoms. The number of benzene rings is 2. The molecular weight excluding hydrogens is 240 g/mol. The molecule has 2 aromatic carbocycles. The molecule has 100 valence electrons. The topological polar surface area (TPSA) is 46.5 Å². The van der Waals surface area contributed by atoms with Crippen molar-refractivity contribution in [3.8, 4) is 0 Å². The van der Waals surface area contributed by atoms with Crippen molar-refractivity contribution in [1.29, 1.82) is 0 Å². The van der Waals surface area contributed by atoms with Gasteiger partial charge in [-0.3, -0.25) is 0 Å². The Kier molecular flexibility index (Phi) is 3.58. The maximum absolute atomic E-state index is 11.5. The lowest BCUT2D eigenvalue weighted by Gasteiger charge is -2.26. The molecule has 2 rings (SSSR count). The zero-order chi connectivity index (χ0) is 14.0. The Hall–Kier alpha value is -1.87. The second kappa shape index (κ2) is 5.02. The van der Waals surface area contributed by atoms with Crippen LogP contribution in [-0.2, 0) is 9.53 Å². The van der Waals surface area contributed by atoms with Crippen LogP contribution in [0.1, 0.15) is 32.4 Å². The Morgan fingerprint density at radius 1 is 1.11 bits per heavy atom. The molecule has 0 saturated heterocycles. The summed E-state index contributed by atoms with van der Waals surface area (Å²) < 4.78 is 5.69. The number of fused-ring (bicyclic) bond motifs is 1. The van der Waals surface area contributed by atoms with E-state index in [1.54, 1.807) is 0 Å². The summed E-state index contributed by atoms with van der Waals surface area (Å²) in [7, 11) is 0. The van der Waals surface area contributed by atoms with E-state index in [9.17, 15) is 9.90 Å². The van der Waals surface area contributed by atoms with Crippen LogP contribution in [-0.4, -0.2) is 16.7 Å². The summed E-state index contributed by atoms with van der Waals surface area (Å²) in [5.74, 6) is -0.966. The number of rotatable bonds is 3. The van der Waals surface area contributed by atoms with E-state index < -0.39 is 17.7 Å². The van der Waals surface area contributed by atoms with Crippen molar-refractivity contribution in [2.24, 2.45) is 0 Å². The van der Waals surface area contributed by atoms with Crippen LogP contribution in [0.2, 0.25) is 0 Å². The Morgan fingerprint density at radius 2 is 1.74 bits per heavy atom. The summed E-state index contributed by atoms with van der Waals surface area (Å²) in [6.07, 6.45) is -0.953. The van der Waals surface area contributed by atoms with Crippen LogP contribution in [0.15, 0.2) is 42.5 Å². The number of ether oxygens (including phenoxy) is 1. The predicted molar refractivity (Wildman–Crippen MR) is 75.2 cm³/mol. The number of carbonyl (C=O) groups is 1. The number of hydrogen-bond acceptors (Lipinski definition) is 2. The highest BCUT2D eigenvalue weighted by atomic mass is 16.5. The summed E-state index contributed by atoms with van der Waals surface area (Å²) >= 11 is 0. The van der Waals surface area contributed by atoms with Crippen LogP contribution < -0.4 is 0 Å². The minimum atomic E-state index is -0.966. The largest absolute Gasteiger partial charge is 0.479 e. The lowest BCUT2D eigenvalue weighted by molar-refractivity contribution is -0.160. The average molecular weight is 258 g/mol. The van der Waals surface area contributed by atoms with Gasteiger partial charge in [0.2, 0.25) is 0 Å². The number of aliphatic carboxylic acids is 1. The van der Waals surface area contributed by atoms with E-state index in [2.05, 4.69) is 0 Å². The normalized spacial score (nSPS) is 13.4. The number of carboxylic acids is 1. The molecule has 0 radical (unpaired) electrons. The minimum Gasteiger partial charge on any atom is -0.479 e. The van der Waals surface area contributed by atoms with E-state index in [1.807, 2.05) is 63.2 Å². The average Bonchev–Trinajstić information content (AvgIpc) is 2.34. The highest BCUT2D eigenvalue weighted by molar-refractivity contribution is 5.90. The van der Waals surface area contributed by atoms with Crippen LogP contribution in [0, 0.1) is 0 Å². The molecule has 2 aromatic rings. The van der Waals surface area contributed by atoms with Gasteiger partial charge in [-0.2, -0.15) is 0 Å². The van der Waals surface area contributed by atoms with E-state index in [4.69, 9.17) is 4.74 Å². The Balaban J connectivity index is 2.53. The summed E-state index contributed by atoms with van der Waals surface area (Å²) in [4.78, 5) is 11.5. The van der Waals surface area contributed by atoms with Crippen molar-refractivity contribution in [2.75, 3.05) is 0 Å². The van der Waals surface area contributed by atoms with Gasteiger partial charge >= 0.3 is 5.97 Å². The molecule has 0 saturated carbocycles. The molecule has 0 aliphatic carbocycles. The zero-order valence-corrected chi connectivity index (χ0v) is 11.4. The van der Waals surface area contributed by atoms with Crippen LogP contribution >= 0.6 is 0 Å². The Morgan fingerprint density at radius 3 is 2.37 bits per heavy atom. The van der Waals surface area contributed by atoms with Crippen LogP contribution in [0.5, 0.6) is 0 Å². The van der Waals surface area contributed by atoms with E-state index in [0.29, 0.717) is 5.56 Å². The standard InChI is InChI=1S/C16H18O3/c1-16(2,3)19-14(15(17)18)13-10-6-8-11-7-4-5-9-12(11)13/h4-10,14H,1-3H3,(H,17,18). The van der Waals surface area contributed by atoms with Gasteiger partial charge in [0.25, 0.3) is 0 Å². The lowest BCUT2D eigenvalue weighted by atomic mass is 9.99. The summed E-state index contributed by atoms with van der Waals surface area (Å²) in [6, 6.07) is 13.4. The van der Waals surface area contributed by atoms with Crippen molar-refractivity contribution < 1.29 is 14.6 Å². The zero-order valence-electron chi connectivity index (χ0n) is 11.4. The fraction of sp³-hybridized carbons (Fsp3) is 0.312. The van der Waals surface area contributed by atoms with Gasteiger partial charge in [0.1, 0.15) is 0 Å². The third-order valence-electron chi connectivity index (χ3n) is 2.80. The van der Waals surface area contributed by atoms with Gasteiger partial charge in [-0.1, -0.05) is 42.5 Å². The fourth-order valence-electron chi connectivity index (χ4n) is 2.08. The third-order valence-corrected chi connectivity index (χ3v) is 2.80. The summed E-state index contributed by atoms with van der Waals surface area (Å²) in [5.41, 5.74) is 0.181. The lowest BCUT2D eigenvalue weighted by Crippen LogP contribution is -2.27. The van der Waals surface area contributed by atoms with E-state index in [-0.39, 0.29) is 0 Å². The van der Waals surface area contributed by atoms with Crippen molar-refractivity contribution in [3.63, 3.8) is 0 Å². The fourth-order valence-corrected chi connectivity index (χ4v) is 2.08. The van der Waals surface area contributed by atoms with Crippen molar-refractivity contribution >= 4 is 16.7 Å². The van der Waals surface area contributed by atoms with E-state index >= 15 is 0 Å². The van der Waals surface area contributed by atoms with Crippen LogP contribution in [0.3, 0.4) is 0 Å². The molecule has 1 unspecified atom stereocenters. The molecule has 0 bridgehead atoms. The van der Waals surface area contributed by atoms with E-state index in [1.165, 1.54) is 0 Å². The smallest absolute Gasteiger partial charge is 0.337 e. The highest BCUT2D eigenvalue weighted by Crippen LogP contribution is 2.30. The van der Waals surface area contributed by atoms with Gasteiger partial charge in [0.15, 0.2) is 6.10 Å². The summed E-state index contributed by atoms with van der Waals surface area (Å²) in [5, 5.41) is 11.4. The first-order valence-corrected chi connectivity index (χ1v) is 6.27. The van der Waals surface area contributed by atoms with Gasteiger partial charge in [-0.05, 0) is 37.1 Å². The molecule has 0 heterocycles. The van der Waals surface area contributed by atoms with Crippen molar-refractivity contribution in [1.82, 2.24) is 0 Å². The first-order chi connectivity index (χ1) is 8.88. The van der Waals surface area contributed by atoms with Crippen molar-refractivity contribution in [2.45, 2.75) is 32.5 Å². The molecule has 0 aliphatic heterocycles. The van der Waals surface area contributed by atoms with Gasteiger partial charge in [0, 0.05) is 0 Å². The molecule has 1 N–H and O–H groups in total. The van der Waals surface area contributed by atoms with Gasteiger partial charge in [-0.25, -0.2) is 4.79 Å². The highest BCUT2D eigenvalue weighted by Gasteiger charge is 2.27. The molecule has 3 heteroatoms. The summed E-state index contributed by atoms with van der Waals surface area (Å²) in [6.45, 7) is 5.57. The quantitative estimate of drug-likeness (QED) is 0.911. The Bertz CT molecular complexity index is 591. The molecule has 19 heavy (non-hydrogen) atoms. The maximum atomic E-state index is 11.5. The van der Waals surface area contributed by atoms with E-state index in [0.717, 1.165) is 10.8 Å². The van der Waals surface area contributed by atoms with Crippen molar-refractivity contribution in [3.05, 3.63) is 48.0 Å². The maximum Gasteiger partial charge on any atom is 0.337 e. The molecule has 0 aromatic heterocycles. The Labute approximate surface area is 112 Å².